The van der Waals surface area contributed by atoms with Crippen molar-refractivity contribution in [3.05, 3.63) is 29.3 Å². The van der Waals surface area contributed by atoms with Gasteiger partial charge >= 0.3 is 5.97 Å². The van der Waals surface area contributed by atoms with E-state index in [1.807, 2.05) is 25.1 Å². The second kappa shape index (κ2) is 5.19. The molecular formula is C14H19NO4. The van der Waals surface area contributed by atoms with Crippen molar-refractivity contribution in [3.63, 3.8) is 0 Å². The Bertz CT molecular complexity index is 482. The lowest BCUT2D eigenvalue weighted by Gasteiger charge is -2.46. The topological polar surface area (TPSA) is 81.8 Å². The van der Waals surface area contributed by atoms with Crippen molar-refractivity contribution >= 4 is 5.97 Å². The fourth-order valence-electron chi connectivity index (χ4n) is 2.49. The van der Waals surface area contributed by atoms with Gasteiger partial charge in [0, 0.05) is 11.6 Å². The first-order chi connectivity index (χ1) is 8.99. The quantitative estimate of drug-likeness (QED) is 0.832. The van der Waals surface area contributed by atoms with Gasteiger partial charge in [-0.15, -0.1) is 0 Å². The van der Waals surface area contributed by atoms with Crippen molar-refractivity contribution in [3.8, 4) is 5.75 Å². The third-order valence-electron chi connectivity index (χ3n) is 3.71. The number of carbonyl (C=O) groups is 1. The number of nitrogens with two attached hydrogens (primary N) is 1. The molecule has 1 aromatic rings. The summed E-state index contributed by atoms with van der Waals surface area (Å²) in [5.74, 6) is -0.167. The van der Waals surface area contributed by atoms with Gasteiger partial charge in [0.1, 0.15) is 5.75 Å². The van der Waals surface area contributed by atoms with Crippen LogP contribution >= 0.6 is 0 Å². The second-order valence-electron chi connectivity index (χ2n) is 5.06. The Morgan fingerprint density at radius 1 is 1.58 bits per heavy atom. The molecule has 1 aliphatic rings. The van der Waals surface area contributed by atoms with Gasteiger partial charge in [-0.05, 0) is 13.0 Å². The van der Waals surface area contributed by atoms with Crippen LogP contribution in [0, 0.1) is 6.92 Å². The highest BCUT2D eigenvalue weighted by atomic mass is 16.5. The molecule has 1 aromatic carbocycles. The van der Waals surface area contributed by atoms with Crippen LogP contribution in [-0.4, -0.2) is 37.4 Å². The minimum absolute atomic E-state index is 0.0829. The molecule has 0 aromatic heterocycles. The molecule has 1 aliphatic heterocycles. The molecule has 0 radical (unpaired) electrons. The Balaban J connectivity index is 2.40. The minimum atomic E-state index is -0.898. The third kappa shape index (κ3) is 2.43. The number of carboxylic acid groups (broad SMARTS) is 1. The Hall–Kier alpha value is -1.59. The van der Waals surface area contributed by atoms with Gasteiger partial charge in [-0.1, -0.05) is 17.7 Å². The van der Waals surface area contributed by atoms with Gasteiger partial charge in [-0.25, -0.2) is 0 Å². The van der Waals surface area contributed by atoms with Crippen molar-refractivity contribution in [1.29, 1.82) is 0 Å². The summed E-state index contributed by atoms with van der Waals surface area (Å²) < 4.78 is 10.7. The molecule has 1 atom stereocenters. The number of methoxy groups -OCH3 is 1. The lowest BCUT2D eigenvalue weighted by molar-refractivity contribution is -0.140. The zero-order valence-electron chi connectivity index (χ0n) is 11.2. The Kier molecular flexibility index (Phi) is 3.78. The summed E-state index contributed by atoms with van der Waals surface area (Å²) >= 11 is 0. The van der Waals surface area contributed by atoms with Crippen LogP contribution in [0.3, 0.4) is 0 Å². The van der Waals surface area contributed by atoms with Crippen molar-refractivity contribution < 1.29 is 19.4 Å². The van der Waals surface area contributed by atoms with E-state index in [9.17, 15) is 4.79 Å². The van der Waals surface area contributed by atoms with E-state index in [0.717, 1.165) is 16.9 Å². The van der Waals surface area contributed by atoms with E-state index in [-0.39, 0.29) is 6.42 Å². The second-order valence-corrected chi connectivity index (χ2v) is 5.06. The number of aliphatic carboxylic acids is 1. The first-order valence-electron chi connectivity index (χ1n) is 6.20. The van der Waals surface area contributed by atoms with Gasteiger partial charge in [0.05, 0.1) is 32.2 Å². The van der Waals surface area contributed by atoms with E-state index in [1.165, 1.54) is 0 Å². The van der Waals surface area contributed by atoms with Crippen molar-refractivity contribution in [1.82, 2.24) is 0 Å². The molecule has 0 amide bonds. The van der Waals surface area contributed by atoms with Gasteiger partial charge in [-0.2, -0.15) is 0 Å². The maximum Gasteiger partial charge on any atom is 0.304 e. The normalized spacial score (nSPS) is 18.5. The van der Waals surface area contributed by atoms with E-state index in [4.69, 9.17) is 20.3 Å². The number of benzene rings is 1. The van der Waals surface area contributed by atoms with Gasteiger partial charge in [0.15, 0.2) is 0 Å². The van der Waals surface area contributed by atoms with E-state index in [0.29, 0.717) is 13.2 Å². The van der Waals surface area contributed by atoms with Gasteiger partial charge < -0.3 is 20.3 Å². The van der Waals surface area contributed by atoms with Gasteiger partial charge in [0.25, 0.3) is 0 Å². The summed E-state index contributed by atoms with van der Waals surface area (Å²) in [7, 11) is 1.60. The lowest BCUT2D eigenvalue weighted by Crippen LogP contribution is -2.59. The van der Waals surface area contributed by atoms with Crippen LogP contribution in [0.5, 0.6) is 5.75 Å². The molecule has 1 unspecified atom stereocenters. The average Bonchev–Trinajstić information content (AvgIpc) is 2.26. The average molecular weight is 265 g/mol. The van der Waals surface area contributed by atoms with Crippen LogP contribution in [0.4, 0.5) is 0 Å². The predicted molar refractivity (Wildman–Crippen MR) is 70.5 cm³/mol. The number of carboxylic acids is 1. The molecule has 0 bridgehead atoms. The van der Waals surface area contributed by atoms with Gasteiger partial charge in [0.2, 0.25) is 0 Å². The molecule has 0 saturated carbocycles. The number of aryl methyl sites for hydroxylation is 1. The molecule has 19 heavy (non-hydrogen) atoms. The molecule has 5 heteroatoms. The fraction of sp³-hybridized carbons (Fsp3) is 0.500. The lowest BCUT2D eigenvalue weighted by atomic mass is 9.71. The summed E-state index contributed by atoms with van der Waals surface area (Å²) in [4.78, 5) is 10.9. The summed E-state index contributed by atoms with van der Waals surface area (Å²) in [5, 5.41) is 8.94. The van der Waals surface area contributed by atoms with Crippen LogP contribution < -0.4 is 10.5 Å². The van der Waals surface area contributed by atoms with Gasteiger partial charge in [-0.3, -0.25) is 4.79 Å². The standard InChI is InChI=1S/C14H19NO4/c1-9-3-4-11(18-2)10(5-9)14(7-19-8-14)12(15)6-13(16)17/h3-5,12H,6-8,15H2,1-2H3,(H,16,17). The SMILES string of the molecule is COc1ccc(C)cc1C1(C(N)CC(=O)O)COC1. The molecule has 5 nitrogen and oxygen atoms in total. The summed E-state index contributed by atoms with van der Waals surface area (Å²) in [6.07, 6.45) is -0.0829. The first-order valence-corrected chi connectivity index (χ1v) is 6.20. The zero-order chi connectivity index (χ0) is 14.0. The number of ether oxygens (including phenoxy) is 2. The number of hydrogen-bond donors (Lipinski definition) is 2. The Morgan fingerprint density at radius 2 is 2.26 bits per heavy atom. The molecule has 0 aliphatic carbocycles. The van der Waals surface area contributed by atoms with Crippen LogP contribution in [0.25, 0.3) is 0 Å². The van der Waals surface area contributed by atoms with Crippen LogP contribution in [-0.2, 0) is 14.9 Å². The van der Waals surface area contributed by atoms with Crippen molar-refractivity contribution in [2.24, 2.45) is 5.73 Å². The molecule has 1 saturated heterocycles. The predicted octanol–water partition coefficient (Wildman–Crippen LogP) is 1.07. The molecule has 2 rings (SSSR count). The highest BCUT2D eigenvalue weighted by Gasteiger charge is 2.48. The van der Waals surface area contributed by atoms with Crippen LogP contribution in [0.2, 0.25) is 0 Å². The largest absolute Gasteiger partial charge is 0.496 e. The molecule has 1 fully saturated rings. The van der Waals surface area contributed by atoms with Crippen molar-refractivity contribution in [2.75, 3.05) is 20.3 Å². The Morgan fingerprint density at radius 3 is 2.74 bits per heavy atom. The molecule has 104 valence electrons. The van der Waals surface area contributed by atoms with E-state index >= 15 is 0 Å². The number of hydrogen-bond acceptors (Lipinski definition) is 4. The summed E-state index contributed by atoms with van der Waals surface area (Å²) in [5.41, 5.74) is 7.67. The number of rotatable bonds is 5. The summed E-state index contributed by atoms with van der Waals surface area (Å²) in [6.45, 7) is 2.85. The maximum absolute atomic E-state index is 10.9. The monoisotopic (exact) mass is 265 g/mol. The smallest absolute Gasteiger partial charge is 0.304 e. The summed E-state index contributed by atoms with van der Waals surface area (Å²) in [6, 6.07) is 5.36. The maximum atomic E-state index is 10.9. The van der Waals surface area contributed by atoms with Crippen LogP contribution in [0.15, 0.2) is 18.2 Å². The molecule has 1 heterocycles. The van der Waals surface area contributed by atoms with Crippen molar-refractivity contribution in [2.45, 2.75) is 24.8 Å². The van der Waals surface area contributed by atoms with E-state index < -0.39 is 17.4 Å². The molecule has 0 spiro atoms. The van der Waals surface area contributed by atoms with Crippen LogP contribution in [0.1, 0.15) is 17.5 Å². The van der Waals surface area contributed by atoms with E-state index in [1.54, 1.807) is 7.11 Å². The molecular weight excluding hydrogens is 246 g/mol. The Labute approximate surface area is 112 Å². The highest BCUT2D eigenvalue weighted by molar-refractivity contribution is 5.68. The third-order valence-corrected chi connectivity index (χ3v) is 3.71. The fourth-order valence-corrected chi connectivity index (χ4v) is 2.49. The zero-order valence-corrected chi connectivity index (χ0v) is 11.2. The molecule has 3 N–H and O–H groups in total. The first kappa shape index (κ1) is 13.8. The van der Waals surface area contributed by atoms with E-state index in [2.05, 4.69) is 0 Å². The highest BCUT2D eigenvalue weighted by Crippen LogP contribution is 2.41. The minimum Gasteiger partial charge on any atom is -0.496 e.